The summed E-state index contributed by atoms with van der Waals surface area (Å²) in [5.74, 6) is -1.51. The molecule has 0 bridgehead atoms. The standard InChI is InChI=1S/C14H12BrFN2O3/c1-8-2-3-9(16)10(6-8)18-13(19)7-17-14(20)11-4-5-12(15)21-11/h2-6H,7H2,1H3,(H,17,20)(H,18,19). The minimum Gasteiger partial charge on any atom is -0.444 e. The summed E-state index contributed by atoms with van der Waals surface area (Å²) in [7, 11) is 0. The molecule has 0 aliphatic heterocycles. The van der Waals surface area contributed by atoms with Gasteiger partial charge in [-0.1, -0.05) is 6.07 Å². The number of carbonyl (C=O) groups excluding carboxylic acids is 2. The number of anilines is 1. The molecule has 1 aromatic carbocycles. The van der Waals surface area contributed by atoms with E-state index < -0.39 is 17.6 Å². The van der Waals surface area contributed by atoms with E-state index in [0.29, 0.717) is 4.67 Å². The molecule has 2 N–H and O–H groups in total. The molecule has 2 aromatic rings. The monoisotopic (exact) mass is 354 g/mol. The van der Waals surface area contributed by atoms with Gasteiger partial charge in [0, 0.05) is 0 Å². The van der Waals surface area contributed by atoms with Crippen molar-refractivity contribution in [1.82, 2.24) is 5.32 Å². The fraction of sp³-hybridized carbons (Fsp3) is 0.143. The Morgan fingerprint density at radius 2 is 2.05 bits per heavy atom. The van der Waals surface area contributed by atoms with Gasteiger partial charge < -0.3 is 15.1 Å². The molecule has 7 heteroatoms. The summed E-state index contributed by atoms with van der Waals surface area (Å²) < 4.78 is 18.9. The molecule has 0 aliphatic rings. The van der Waals surface area contributed by atoms with Crippen LogP contribution in [0.25, 0.3) is 0 Å². The SMILES string of the molecule is Cc1ccc(F)c(NC(=O)CNC(=O)c2ccc(Br)o2)c1. The number of carbonyl (C=O) groups is 2. The molecule has 0 unspecified atom stereocenters. The zero-order valence-electron chi connectivity index (χ0n) is 11.1. The second-order valence-electron chi connectivity index (χ2n) is 4.32. The lowest BCUT2D eigenvalue weighted by atomic mass is 10.2. The molecule has 2 amide bonds. The normalized spacial score (nSPS) is 10.2. The maximum atomic E-state index is 13.5. The maximum Gasteiger partial charge on any atom is 0.287 e. The lowest BCUT2D eigenvalue weighted by Crippen LogP contribution is -2.32. The van der Waals surface area contributed by atoms with Crippen molar-refractivity contribution in [1.29, 1.82) is 0 Å². The Balaban J connectivity index is 1.90. The van der Waals surface area contributed by atoms with E-state index in [9.17, 15) is 14.0 Å². The van der Waals surface area contributed by atoms with E-state index in [1.807, 2.05) is 0 Å². The van der Waals surface area contributed by atoms with E-state index in [-0.39, 0.29) is 18.0 Å². The molecule has 110 valence electrons. The van der Waals surface area contributed by atoms with Gasteiger partial charge in [-0.2, -0.15) is 0 Å². The van der Waals surface area contributed by atoms with Gasteiger partial charge >= 0.3 is 0 Å². The van der Waals surface area contributed by atoms with Crippen LogP contribution in [0.2, 0.25) is 0 Å². The third-order valence-corrected chi connectivity index (χ3v) is 3.03. The first-order chi connectivity index (χ1) is 9.95. The fourth-order valence-corrected chi connectivity index (χ4v) is 1.92. The van der Waals surface area contributed by atoms with E-state index in [2.05, 4.69) is 26.6 Å². The van der Waals surface area contributed by atoms with Gasteiger partial charge in [0.1, 0.15) is 5.82 Å². The first-order valence-corrected chi connectivity index (χ1v) is 6.84. The number of amides is 2. The highest BCUT2D eigenvalue weighted by Crippen LogP contribution is 2.15. The van der Waals surface area contributed by atoms with E-state index in [4.69, 9.17) is 4.42 Å². The zero-order chi connectivity index (χ0) is 15.4. The summed E-state index contributed by atoms with van der Waals surface area (Å²) in [6, 6.07) is 7.42. The molecule has 1 heterocycles. The van der Waals surface area contributed by atoms with Crippen LogP contribution in [0, 0.1) is 12.7 Å². The van der Waals surface area contributed by atoms with E-state index >= 15 is 0 Å². The van der Waals surface area contributed by atoms with E-state index in [1.54, 1.807) is 19.1 Å². The number of rotatable bonds is 4. The summed E-state index contributed by atoms with van der Waals surface area (Å²) in [4.78, 5) is 23.3. The van der Waals surface area contributed by atoms with Crippen molar-refractivity contribution in [2.75, 3.05) is 11.9 Å². The van der Waals surface area contributed by atoms with Gasteiger partial charge in [0.25, 0.3) is 5.91 Å². The number of hydrogen-bond donors (Lipinski definition) is 2. The largest absolute Gasteiger partial charge is 0.444 e. The van der Waals surface area contributed by atoms with Crippen LogP contribution in [0.4, 0.5) is 10.1 Å². The van der Waals surface area contributed by atoms with Crippen LogP contribution < -0.4 is 10.6 Å². The molecule has 0 spiro atoms. The molecular weight excluding hydrogens is 343 g/mol. The molecule has 21 heavy (non-hydrogen) atoms. The van der Waals surface area contributed by atoms with Crippen LogP contribution in [0.1, 0.15) is 16.1 Å². The maximum absolute atomic E-state index is 13.5. The van der Waals surface area contributed by atoms with E-state index in [0.717, 1.165) is 5.56 Å². The minimum atomic E-state index is -0.532. The molecule has 0 atom stereocenters. The zero-order valence-corrected chi connectivity index (χ0v) is 12.7. The number of hydrogen-bond acceptors (Lipinski definition) is 3. The molecule has 0 saturated carbocycles. The van der Waals surface area contributed by atoms with E-state index in [1.165, 1.54) is 18.2 Å². The quantitative estimate of drug-likeness (QED) is 0.886. The number of aryl methyl sites for hydroxylation is 1. The van der Waals surface area contributed by atoms with Crippen molar-refractivity contribution in [2.45, 2.75) is 6.92 Å². The summed E-state index contributed by atoms with van der Waals surface area (Å²) in [6.45, 7) is 1.50. The fourth-order valence-electron chi connectivity index (χ4n) is 1.61. The Morgan fingerprint density at radius 1 is 1.29 bits per heavy atom. The highest BCUT2D eigenvalue weighted by Gasteiger charge is 2.12. The number of nitrogens with one attached hydrogen (secondary N) is 2. The Kier molecular flexibility index (Phi) is 4.74. The van der Waals surface area contributed by atoms with Gasteiger partial charge in [0.2, 0.25) is 5.91 Å². The Hall–Kier alpha value is -2.15. The van der Waals surface area contributed by atoms with Gasteiger partial charge in [0.05, 0.1) is 12.2 Å². The Bertz CT molecular complexity index is 685. The second kappa shape index (κ2) is 6.53. The Labute approximate surface area is 128 Å². The molecular formula is C14H12BrFN2O3. The Morgan fingerprint density at radius 3 is 2.71 bits per heavy atom. The molecule has 0 fully saturated rings. The summed E-state index contributed by atoms with van der Waals surface area (Å²) >= 11 is 3.07. The van der Waals surface area contributed by atoms with Gasteiger partial charge in [-0.3, -0.25) is 9.59 Å². The number of halogens is 2. The van der Waals surface area contributed by atoms with Crippen LogP contribution >= 0.6 is 15.9 Å². The summed E-state index contributed by atoms with van der Waals surface area (Å²) in [5.41, 5.74) is 0.895. The lowest BCUT2D eigenvalue weighted by molar-refractivity contribution is -0.115. The van der Waals surface area contributed by atoms with Crippen molar-refractivity contribution in [3.8, 4) is 0 Å². The van der Waals surface area contributed by atoms with Crippen molar-refractivity contribution in [3.05, 3.63) is 52.1 Å². The van der Waals surface area contributed by atoms with Crippen molar-refractivity contribution in [3.63, 3.8) is 0 Å². The highest BCUT2D eigenvalue weighted by atomic mass is 79.9. The third kappa shape index (κ3) is 4.16. The molecule has 5 nitrogen and oxygen atoms in total. The average Bonchev–Trinajstić information content (AvgIpc) is 2.87. The van der Waals surface area contributed by atoms with Crippen LogP contribution in [-0.2, 0) is 4.79 Å². The van der Waals surface area contributed by atoms with Gasteiger partial charge in [-0.05, 0) is 52.7 Å². The first-order valence-electron chi connectivity index (χ1n) is 6.05. The highest BCUT2D eigenvalue weighted by molar-refractivity contribution is 9.10. The minimum absolute atomic E-state index is 0.0787. The second-order valence-corrected chi connectivity index (χ2v) is 5.10. The molecule has 0 saturated heterocycles. The molecule has 0 aliphatic carbocycles. The average molecular weight is 355 g/mol. The molecule has 1 aromatic heterocycles. The summed E-state index contributed by atoms with van der Waals surface area (Å²) in [6.07, 6.45) is 0. The topological polar surface area (TPSA) is 71.3 Å². The van der Waals surface area contributed by atoms with Crippen molar-refractivity contribution >= 4 is 33.4 Å². The predicted molar refractivity (Wildman–Crippen MR) is 78.5 cm³/mol. The van der Waals surface area contributed by atoms with Crippen molar-refractivity contribution < 1.29 is 18.4 Å². The van der Waals surface area contributed by atoms with Crippen LogP contribution in [0.15, 0.2) is 39.4 Å². The molecule has 2 rings (SSSR count). The third-order valence-electron chi connectivity index (χ3n) is 2.60. The van der Waals surface area contributed by atoms with Crippen LogP contribution in [-0.4, -0.2) is 18.4 Å². The molecule has 0 radical (unpaired) electrons. The van der Waals surface area contributed by atoms with Gasteiger partial charge in [-0.15, -0.1) is 0 Å². The summed E-state index contributed by atoms with van der Waals surface area (Å²) in [5, 5.41) is 4.77. The van der Waals surface area contributed by atoms with Gasteiger partial charge in [0.15, 0.2) is 10.4 Å². The first kappa shape index (κ1) is 15.2. The van der Waals surface area contributed by atoms with Gasteiger partial charge in [-0.25, -0.2) is 4.39 Å². The predicted octanol–water partition coefficient (Wildman–Crippen LogP) is 2.86. The van der Waals surface area contributed by atoms with Crippen LogP contribution in [0.5, 0.6) is 0 Å². The van der Waals surface area contributed by atoms with Crippen molar-refractivity contribution in [2.24, 2.45) is 0 Å². The smallest absolute Gasteiger partial charge is 0.287 e. The number of benzene rings is 1. The number of furan rings is 1. The lowest BCUT2D eigenvalue weighted by Gasteiger charge is -2.07. The van der Waals surface area contributed by atoms with Crippen LogP contribution in [0.3, 0.4) is 0 Å².